The SMILES string of the molecule is COc1ccccc1C(C#N)CC1CCNCC1. The van der Waals surface area contributed by atoms with Crippen LogP contribution in [0.4, 0.5) is 0 Å². The summed E-state index contributed by atoms with van der Waals surface area (Å²) in [5, 5.41) is 12.8. The first-order valence-corrected chi connectivity index (χ1v) is 6.58. The lowest BCUT2D eigenvalue weighted by atomic mass is 9.85. The molecule has 3 nitrogen and oxygen atoms in total. The van der Waals surface area contributed by atoms with Crippen molar-refractivity contribution in [1.82, 2.24) is 5.32 Å². The van der Waals surface area contributed by atoms with E-state index in [4.69, 9.17) is 4.74 Å². The van der Waals surface area contributed by atoms with E-state index in [-0.39, 0.29) is 5.92 Å². The van der Waals surface area contributed by atoms with Gasteiger partial charge in [-0.2, -0.15) is 5.26 Å². The third-order valence-corrected chi connectivity index (χ3v) is 3.70. The highest BCUT2D eigenvalue weighted by Gasteiger charge is 2.21. The molecule has 18 heavy (non-hydrogen) atoms. The molecule has 3 heteroatoms. The number of nitriles is 1. The highest BCUT2D eigenvalue weighted by molar-refractivity contribution is 5.39. The van der Waals surface area contributed by atoms with Crippen molar-refractivity contribution >= 4 is 0 Å². The van der Waals surface area contributed by atoms with Gasteiger partial charge in [-0.05, 0) is 44.3 Å². The summed E-state index contributed by atoms with van der Waals surface area (Å²) in [5.41, 5.74) is 1.03. The highest BCUT2D eigenvalue weighted by Crippen LogP contribution is 2.32. The second-order valence-electron chi connectivity index (χ2n) is 4.85. The van der Waals surface area contributed by atoms with Crippen LogP contribution < -0.4 is 10.1 Å². The van der Waals surface area contributed by atoms with Gasteiger partial charge in [0.25, 0.3) is 0 Å². The molecular formula is C15H20N2O. The summed E-state index contributed by atoms with van der Waals surface area (Å²) in [6.07, 6.45) is 3.29. The van der Waals surface area contributed by atoms with Crippen LogP contribution in [0.3, 0.4) is 0 Å². The average Bonchev–Trinajstić information content (AvgIpc) is 2.46. The number of methoxy groups -OCH3 is 1. The van der Waals surface area contributed by atoms with Gasteiger partial charge in [-0.25, -0.2) is 0 Å². The molecule has 0 amide bonds. The second kappa shape index (κ2) is 6.42. The van der Waals surface area contributed by atoms with Crippen LogP contribution >= 0.6 is 0 Å². The Morgan fingerprint density at radius 3 is 2.78 bits per heavy atom. The maximum Gasteiger partial charge on any atom is 0.123 e. The van der Waals surface area contributed by atoms with Gasteiger partial charge in [0, 0.05) is 5.56 Å². The molecule has 1 heterocycles. The van der Waals surface area contributed by atoms with Crippen molar-refractivity contribution in [2.45, 2.75) is 25.2 Å². The zero-order valence-electron chi connectivity index (χ0n) is 10.9. The standard InChI is InChI=1S/C15H20N2O/c1-18-15-5-3-2-4-14(15)13(11-16)10-12-6-8-17-9-7-12/h2-5,12-13,17H,6-10H2,1H3. The first kappa shape index (κ1) is 12.9. The van der Waals surface area contributed by atoms with Gasteiger partial charge in [0.1, 0.15) is 5.75 Å². The normalized spacial score (nSPS) is 18.0. The topological polar surface area (TPSA) is 45.0 Å². The Hall–Kier alpha value is -1.53. The first-order chi connectivity index (χ1) is 8.85. The number of hydrogen-bond acceptors (Lipinski definition) is 3. The molecule has 0 saturated carbocycles. The Morgan fingerprint density at radius 1 is 1.39 bits per heavy atom. The number of nitrogens with one attached hydrogen (secondary N) is 1. The lowest BCUT2D eigenvalue weighted by Gasteiger charge is -2.25. The maximum atomic E-state index is 9.41. The van der Waals surface area contributed by atoms with Crippen LogP contribution in [0.15, 0.2) is 24.3 Å². The largest absolute Gasteiger partial charge is 0.496 e. The van der Waals surface area contributed by atoms with Gasteiger partial charge in [0.05, 0.1) is 19.1 Å². The molecule has 0 spiro atoms. The highest BCUT2D eigenvalue weighted by atomic mass is 16.5. The number of benzene rings is 1. The minimum Gasteiger partial charge on any atom is -0.496 e. The van der Waals surface area contributed by atoms with Crippen LogP contribution in [0.5, 0.6) is 5.75 Å². The lowest BCUT2D eigenvalue weighted by molar-refractivity contribution is 0.341. The fourth-order valence-corrected chi connectivity index (χ4v) is 2.65. The Balaban J connectivity index is 2.10. The lowest BCUT2D eigenvalue weighted by Crippen LogP contribution is -2.28. The predicted octanol–water partition coefficient (Wildman–Crippen LogP) is 2.69. The maximum absolute atomic E-state index is 9.41. The first-order valence-electron chi connectivity index (χ1n) is 6.58. The molecule has 1 aromatic carbocycles. The Kier molecular flexibility index (Phi) is 4.60. The molecule has 2 rings (SSSR count). The van der Waals surface area contributed by atoms with E-state index in [1.807, 2.05) is 24.3 Å². The van der Waals surface area contributed by atoms with Crippen molar-refractivity contribution in [3.63, 3.8) is 0 Å². The monoisotopic (exact) mass is 244 g/mol. The molecule has 1 N–H and O–H groups in total. The second-order valence-corrected chi connectivity index (χ2v) is 4.85. The number of nitrogens with zero attached hydrogens (tertiary/aromatic N) is 1. The predicted molar refractivity (Wildman–Crippen MR) is 71.6 cm³/mol. The number of rotatable bonds is 4. The zero-order valence-corrected chi connectivity index (χ0v) is 10.9. The van der Waals surface area contributed by atoms with E-state index in [2.05, 4.69) is 11.4 Å². The van der Waals surface area contributed by atoms with Gasteiger partial charge in [-0.1, -0.05) is 18.2 Å². The summed E-state index contributed by atoms with van der Waals surface area (Å²) in [4.78, 5) is 0. The van der Waals surface area contributed by atoms with Gasteiger partial charge in [0.15, 0.2) is 0 Å². The number of hydrogen-bond donors (Lipinski definition) is 1. The number of ether oxygens (including phenoxy) is 1. The molecule has 1 aliphatic heterocycles. The van der Waals surface area contributed by atoms with Gasteiger partial charge >= 0.3 is 0 Å². The zero-order chi connectivity index (χ0) is 12.8. The molecule has 0 radical (unpaired) electrons. The summed E-state index contributed by atoms with van der Waals surface area (Å²) in [5.74, 6) is 1.43. The third-order valence-electron chi connectivity index (χ3n) is 3.70. The van der Waals surface area contributed by atoms with Crippen LogP contribution in [-0.4, -0.2) is 20.2 Å². The van der Waals surface area contributed by atoms with Crippen LogP contribution in [0.2, 0.25) is 0 Å². The van der Waals surface area contributed by atoms with Crippen molar-refractivity contribution in [2.75, 3.05) is 20.2 Å². The van der Waals surface area contributed by atoms with Crippen molar-refractivity contribution in [1.29, 1.82) is 5.26 Å². The quantitative estimate of drug-likeness (QED) is 0.885. The van der Waals surface area contributed by atoms with Crippen molar-refractivity contribution < 1.29 is 4.74 Å². The average molecular weight is 244 g/mol. The summed E-state index contributed by atoms with van der Waals surface area (Å²) in [6, 6.07) is 10.3. The number of para-hydroxylation sites is 1. The molecule has 1 aromatic rings. The summed E-state index contributed by atoms with van der Waals surface area (Å²) < 4.78 is 5.35. The van der Waals surface area contributed by atoms with Crippen molar-refractivity contribution in [3.8, 4) is 11.8 Å². The van der Waals surface area contributed by atoms with E-state index < -0.39 is 0 Å². The van der Waals surface area contributed by atoms with Gasteiger partial charge < -0.3 is 10.1 Å². The molecule has 1 atom stereocenters. The van der Waals surface area contributed by atoms with E-state index in [1.54, 1.807) is 7.11 Å². The fraction of sp³-hybridized carbons (Fsp3) is 0.533. The van der Waals surface area contributed by atoms with E-state index >= 15 is 0 Å². The molecule has 1 unspecified atom stereocenters. The van der Waals surface area contributed by atoms with Crippen molar-refractivity contribution in [2.24, 2.45) is 5.92 Å². The summed E-state index contributed by atoms with van der Waals surface area (Å²) >= 11 is 0. The molecule has 1 saturated heterocycles. The molecule has 0 aliphatic carbocycles. The molecule has 0 bridgehead atoms. The van der Waals surface area contributed by atoms with Crippen LogP contribution in [0.1, 0.15) is 30.7 Å². The van der Waals surface area contributed by atoms with E-state index in [0.29, 0.717) is 5.92 Å². The fourth-order valence-electron chi connectivity index (χ4n) is 2.65. The molecular weight excluding hydrogens is 224 g/mol. The van der Waals surface area contributed by atoms with Gasteiger partial charge in [-0.15, -0.1) is 0 Å². The minimum atomic E-state index is -0.0516. The van der Waals surface area contributed by atoms with E-state index in [9.17, 15) is 5.26 Å². The minimum absolute atomic E-state index is 0.0516. The molecule has 0 aromatic heterocycles. The number of piperidine rings is 1. The van der Waals surface area contributed by atoms with E-state index in [1.165, 1.54) is 12.8 Å². The van der Waals surface area contributed by atoms with Gasteiger partial charge in [-0.3, -0.25) is 0 Å². The van der Waals surface area contributed by atoms with Crippen LogP contribution in [0, 0.1) is 17.2 Å². The Labute approximate surface area is 109 Å². The third kappa shape index (κ3) is 3.02. The molecule has 1 fully saturated rings. The smallest absolute Gasteiger partial charge is 0.123 e. The summed E-state index contributed by atoms with van der Waals surface area (Å²) in [7, 11) is 1.66. The van der Waals surface area contributed by atoms with Crippen LogP contribution in [-0.2, 0) is 0 Å². The van der Waals surface area contributed by atoms with E-state index in [0.717, 1.165) is 30.8 Å². The van der Waals surface area contributed by atoms with Crippen LogP contribution in [0.25, 0.3) is 0 Å². The molecule has 1 aliphatic rings. The van der Waals surface area contributed by atoms with Gasteiger partial charge in [0.2, 0.25) is 0 Å². The Bertz CT molecular complexity index is 419. The van der Waals surface area contributed by atoms with Crippen molar-refractivity contribution in [3.05, 3.63) is 29.8 Å². The summed E-state index contributed by atoms with van der Waals surface area (Å²) in [6.45, 7) is 2.16. The Morgan fingerprint density at radius 2 is 2.11 bits per heavy atom. The molecule has 96 valence electrons.